The number of aromatic nitrogens is 1. The predicted octanol–water partition coefficient (Wildman–Crippen LogP) is 3.34. The topological polar surface area (TPSA) is 67.2 Å². The number of rotatable bonds is 5. The zero-order valence-corrected chi connectivity index (χ0v) is 13.8. The molecule has 0 saturated heterocycles. The van der Waals surface area contributed by atoms with Gasteiger partial charge in [-0.25, -0.2) is 0 Å². The van der Waals surface area contributed by atoms with E-state index >= 15 is 0 Å². The van der Waals surface area contributed by atoms with Crippen molar-refractivity contribution in [3.63, 3.8) is 0 Å². The first-order valence-electron chi connectivity index (χ1n) is 6.94. The number of hydrogen-bond acceptors (Lipinski definition) is 5. The lowest BCUT2D eigenvalue weighted by Crippen LogP contribution is -2.39. The lowest BCUT2D eigenvalue weighted by Gasteiger charge is -2.19. The highest BCUT2D eigenvalue weighted by Gasteiger charge is 2.19. The smallest absolute Gasteiger partial charge is 0.243 e. The van der Waals surface area contributed by atoms with E-state index in [1.54, 1.807) is 17.4 Å². The molecule has 5 nitrogen and oxygen atoms in total. The summed E-state index contributed by atoms with van der Waals surface area (Å²) >= 11 is 1.77. The number of nitrogens with zero attached hydrogens (tertiary/aromatic N) is 1. The summed E-state index contributed by atoms with van der Waals surface area (Å²) in [6.45, 7) is 9.91. The van der Waals surface area contributed by atoms with Gasteiger partial charge in [0.15, 0.2) is 0 Å². The van der Waals surface area contributed by atoms with Gasteiger partial charge < -0.3 is 4.52 Å². The summed E-state index contributed by atoms with van der Waals surface area (Å²) in [6, 6.07) is 3.65. The van der Waals surface area contributed by atoms with Crippen LogP contribution in [0.15, 0.2) is 16.7 Å². The van der Waals surface area contributed by atoms with Crippen LogP contribution in [0.25, 0.3) is 0 Å². The van der Waals surface area contributed by atoms with Crippen LogP contribution in [-0.4, -0.2) is 17.1 Å². The standard InChI is InChI=1S/C15H21N3O2S/c1-8-6-14(20-18-8)17-15(19)11(4)16-10(3)13-7-9(2)21-12(13)5/h6-7,10-11,16H,1-5H3,(H,17,19). The third-order valence-electron chi connectivity index (χ3n) is 3.31. The van der Waals surface area contributed by atoms with Gasteiger partial charge in [0.2, 0.25) is 11.8 Å². The molecule has 1 amide bonds. The van der Waals surface area contributed by atoms with Gasteiger partial charge >= 0.3 is 0 Å². The molecule has 0 aromatic carbocycles. The highest BCUT2D eigenvalue weighted by Crippen LogP contribution is 2.26. The van der Waals surface area contributed by atoms with E-state index in [0.29, 0.717) is 5.88 Å². The number of nitrogens with one attached hydrogen (secondary N) is 2. The van der Waals surface area contributed by atoms with E-state index in [-0.39, 0.29) is 18.0 Å². The third kappa shape index (κ3) is 3.92. The Morgan fingerprint density at radius 1 is 1.29 bits per heavy atom. The van der Waals surface area contributed by atoms with Crippen LogP contribution in [0.2, 0.25) is 0 Å². The second kappa shape index (κ2) is 6.41. The van der Waals surface area contributed by atoms with E-state index in [1.807, 2.05) is 13.8 Å². The molecule has 0 aliphatic heterocycles. The Kier molecular flexibility index (Phi) is 4.80. The predicted molar refractivity (Wildman–Crippen MR) is 84.7 cm³/mol. The zero-order valence-electron chi connectivity index (χ0n) is 13.0. The van der Waals surface area contributed by atoms with E-state index in [4.69, 9.17) is 4.52 Å². The molecule has 2 rings (SSSR count). The van der Waals surface area contributed by atoms with Crippen molar-refractivity contribution >= 4 is 23.1 Å². The molecule has 2 atom stereocenters. The molecule has 0 aliphatic rings. The molecular formula is C15H21N3O2S. The zero-order chi connectivity index (χ0) is 15.6. The van der Waals surface area contributed by atoms with Crippen molar-refractivity contribution in [2.24, 2.45) is 0 Å². The third-order valence-corrected chi connectivity index (χ3v) is 4.30. The lowest BCUT2D eigenvalue weighted by atomic mass is 10.1. The van der Waals surface area contributed by atoms with Gasteiger partial charge in [-0.2, -0.15) is 0 Å². The number of carbonyl (C=O) groups is 1. The van der Waals surface area contributed by atoms with E-state index in [2.05, 4.69) is 42.6 Å². The Bertz CT molecular complexity index is 633. The van der Waals surface area contributed by atoms with Crippen LogP contribution in [-0.2, 0) is 4.79 Å². The molecule has 2 N–H and O–H groups in total. The van der Waals surface area contributed by atoms with Crippen molar-refractivity contribution in [1.82, 2.24) is 10.5 Å². The molecule has 2 aromatic rings. The number of hydrogen-bond donors (Lipinski definition) is 2. The van der Waals surface area contributed by atoms with Gasteiger partial charge in [0.1, 0.15) is 0 Å². The molecule has 2 heterocycles. The van der Waals surface area contributed by atoms with Gasteiger partial charge in [-0.15, -0.1) is 11.3 Å². The van der Waals surface area contributed by atoms with Crippen LogP contribution in [0.4, 0.5) is 5.88 Å². The quantitative estimate of drug-likeness (QED) is 0.889. The Labute approximate surface area is 128 Å². The molecule has 6 heteroatoms. The fourth-order valence-electron chi connectivity index (χ4n) is 2.27. The van der Waals surface area contributed by atoms with Gasteiger partial charge in [-0.3, -0.25) is 15.4 Å². The summed E-state index contributed by atoms with van der Waals surface area (Å²) in [4.78, 5) is 14.7. The highest BCUT2D eigenvalue weighted by atomic mass is 32.1. The minimum atomic E-state index is -0.329. The lowest BCUT2D eigenvalue weighted by molar-refractivity contribution is -0.118. The number of aryl methyl sites for hydroxylation is 3. The Morgan fingerprint density at radius 2 is 2.00 bits per heavy atom. The summed E-state index contributed by atoms with van der Waals surface area (Å²) in [7, 11) is 0. The van der Waals surface area contributed by atoms with Crippen molar-refractivity contribution < 1.29 is 9.32 Å². The Balaban J connectivity index is 1.95. The van der Waals surface area contributed by atoms with Crippen molar-refractivity contribution in [2.45, 2.75) is 46.7 Å². The second-order valence-corrected chi connectivity index (χ2v) is 6.76. The first-order valence-corrected chi connectivity index (χ1v) is 7.75. The molecule has 21 heavy (non-hydrogen) atoms. The molecule has 2 unspecified atom stereocenters. The fourth-order valence-corrected chi connectivity index (χ4v) is 3.30. The number of carbonyl (C=O) groups excluding carboxylic acids is 1. The summed E-state index contributed by atoms with van der Waals surface area (Å²) in [5, 5.41) is 9.76. The van der Waals surface area contributed by atoms with Crippen molar-refractivity contribution in [3.05, 3.63) is 33.1 Å². The number of amides is 1. The summed E-state index contributed by atoms with van der Waals surface area (Å²) < 4.78 is 4.99. The van der Waals surface area contributed by atoms with Gasteiger partial charge in [0.25, 0.3) is 0 Å². The molecule has 0 bridgehead atoms. The van der Waals surface area contributed by atoms with Crippen molar-refractivity contribution in [1.29, 1.82) is 0 Å². The normalized spacial score (nSPS) is 14.0. The SMILES string of the molecule is Cc1cc(NC(=O)C(C)NC(C)c2cc(C)sc2C)on1. The second-order valence-electron chi connectivity index (χ2n) is 5.30. The van der Waals surface area contributed by atoms with Gasteiger partial charge in [-0.05, 0) is 46.2 Å². The van der Waals surface area contributed by atoms with E-state index in [0.717, 1.165) is 5.69 Å². The van der Waals surface area contributed by atoms with Crippen LogP contribution < -0.4 is 10.6 Å². The number of thiophene rings is 1. The molecule has 2 aromatic heterocycles. The first kappa shape index (κ1) is 15.7. The molecule has 0 saturated carbocycles. The van der Waals surface area contributed by atoms with Crippen LogP contribution in [0, 0.1) is 20.8 Å². The molecule has 0 aliphatic carbocycles. The van der Waals surface area contributed by atoms with E-state index in [1.165, 1.54) is 15.3 Å². The average Bonchev–Trinajstić information content (AvgIpc) is 2.95. The van der Waals surface area contributed by atoms with Crippen molar-refractivity contribution in [3.8, 4) is 0 Å². The molecule has 114 valence electrons. The largest absolute Gasteiger partial charge is 0.338 e. The van der Waals surface area contributed by atoms with Crippen LogP contribution >= 0.6 is 11.3 Å². The fraction of sp³-hybridized carbons (Fsp3) is 0.467. The molecule has 0 spiro atoms. The Hall–Kier alpha value is -1.66. The summed E-state index contributed by atoms with van der Waals surface area (Å²) in [6.07, 6.45) is 0. The van der Waals surface area contributed by atoms with E-state index < -0.39 is 0 Å². The maximum absolute atomic E-state index is 12.1. The molecule has 0 radical (unpaired) electrons. The van der Waals surface area contributed by atoms with Gasteiger partial charge in [-0.1, -0.05) is 5.16 Å². The van der Waals surface area contributed by atoms with Gasteiger partial charge in [0, 0.05) is 21.9 Å². The van der Waals surface area contributed by atoms with Crippen LogP contribution in [0.5, 0.6) is 0 Å². The molecular weight excluding hydrogens is 286 g/mol. The minimum Gasteiger partial charge on any atom is -0.338 e. The summed E-state index contributed by atoms with van der Waals surface area (Å²) in [5.41, 5.74) is 1.98. The summed E-state index contributed by atoms with van der Waals surface area (Å²) in [5.74, 6) is 0.240. The maximum Gasteiger partial charge on any atom is 0.243 e. The van der Waals surface area contributed by atoms with Crippen molar-refractivity contribution in [2.75, 3.05) is 5.32 Å². The first-order chi connectivity index (χ1) is 9.86. The highest BCUT2D eigenvalue weighted by molar-refractivity contribution is 7.12. The monoisotopic (exact) mass is 307 g/mol. The Morgan fingerprint density at radius 3 is 2.52 bits per heavy atom. The molecule has 0 fully saturated rings. The average molecular weight is 307 g/mol. The minimum absolute atomic E-state index is 0.118. The van der Waals surface area contributed by atoms with Crippen LogP contribution in [0.1, 0.15) is 40.9 Å². The number of anilines is 1. The van der Waals surface area contributed by atoms with Crippen LogP contribution in [0.3, 0.4) is 0 Å². The van der Waals surface area contributed by atoms with E-state index in [9.17, 15) is 4.79 Å². The van der Waals surface area contributed by atoms with Gasteiger partial charge in [0.05, 0.1) is 11.7 Å². The maximum atomic E-state index is 12.1.